The fourth-order valence-electron chi connectivity index (χ4n) is 2.48. The van der Waals surface area contributed by atoms with Crippen molar-refractivity contribution in [3.05, 3.63) is 62.9 Å². The van der Waals surface area contributed by atoms with Gasteiger partial charge in [0.2, 0.25) is 0 Å². The van der Waals surface area contributed by atoms with Crippen LogP contribution in [0.2, 0.25) is 0 Å². The van der Waals surface area contributed by atoms with Crippen LogP contribution in [0.3, 0.4) is 0 Å². The van der Waals surface area contributed by atoms with Crippen molar-refractivity contribution in [3.63, 3.8) is 0 Å². The minimum atomic E-state index is -0.237. The Bertz CT molecular complexity index is 632. The lowest BCUT2D eigenvalue weighted by molar-refractivity contribution is 0.621. The van der Waals surface area contributed by atoms with Crippen LogP contribution in [-0.2, 0) is 0 Å². The van der Waals surface area contributed by atoms with Gasteiger partial charge in [0.15, 0.2) is 0 Å². The maximum absolute atomic E-state index is 13.5. The van der Waals surface area contributed by atoms with Gasteiger partial charge in [-0.3, -0.25) is 0 Å². The van der Waals surface area contributed by atoms with Crippen LogP contribution in [0.15, 0.2) is 34.8 Å². The van der Waals surface area contributed by atoms with Gasteiger partial charge in [-0.15, -0.1) is 0 Å². The van der Waals surface area contributed by atoms with E-state index in [1.54, 1.807) is 12.1 Å². The summed E-state index contributed by atoms with van der Waals surface area (Å²) < 4.78 is 14.6. The molecule has 0 heterocycles. The average molecular weight is 351 g/mol. The zero-order valence-electron chi connectivity index (χ0n) is 12.5. The predicted octanol–water partition coefficient (Wildman–Crippen LogP) is 4.63. The molecule has 21 heavy (non-hydrogen) atoms. The highest BCUT2D eigenvalue weighted by molar-refractivity contribution is 9.10. The van der Waals surface area contributed by atoms with Crippen molar-refractivity contribution >= 4 is 21.6 Å². The molecule has 0 aliphatic rings. The van der Waals surface area contributed by atoms with E-state index in [4.69, 9.17) is 5.73 Å². The molecule has 2 rings (SSSR count). The summed E-state index contributed by atoms with van der Waals surface area (Å²) in [5.41, 5.74) is 11.1. The molecule has 0 spiro atoms. The van der Waals surface area contributed by atoms with E-state index in [1.807, 2.05) is 20.8 Å². The largest absolute Gasteiger partial charge is 0.377 e. The molecule has 0 saturated carbocycles. The third-order valence-electron chi connectivity index (χ3n) is 3.63. The van der Waals surface area contributed by atoms with Gasteiger partial charge in [0.05, 0.1) is 6.04 Å². The molecule has 1 unspecified atom stereocenters. The van der Waals surface area contributed by atoms with Gasteiger partial charge >= 0.3 is 0 Å². The highest BCUT2D eigenvalue weighted by atomic mass is 79.9. The number of halogens is 2. The van der Waals surface area contributed by atoms with E-state index in [9.17, 15) is 4.39 Å². The second-order valence-electron chi connectivity index (χ2n) is 5.36. The Hall–Kier alpha value is -1.39. The van der Waals surface area contributed by atoms with E-state index in [0.717, 1.165) is 32.4 Å². The summed E-state index contributed by atoms with van der Waals surface area (Å²) in [7, 11) is 0. The molecule has 0 bridgehead atoms. The fourth-order valence-corrected chi connectivity index (χ4v) is 2.71. The minimum Gasteiger partial charge on any atom is -0.377 e. The van der Waals surface area contributed by atoms with Gasteiger partial charge in [-0.05, 0) is 67.3 Å². The Balaban J connectivity index is 2.33. The molecule has 0 aliphatic carbocycles. The van der Waals surface area contributed by atoms with E-state index >= 15 is 0 Å². The summed E-state index contributed by atoms with van der Waals surface area (Å²) in [4.78, 5) is 0. The first-order chi connectivity index (χ1) is 9.92. The van der Waals surface area contributed by atoms with Gasteiger partial charge in [0.25, 0.3) is 0 Å². The quantitative estimate of drug-likeness (QED) is 0.843. The summed E-state index contributed by atoms with van der Waals surface area (Å²) in [5, 5.41) is 3.41. The highest BCUT2D eigenvalue weighted by Crippen LogP contribution is 2.28. The molecule has 0 aromatic heterocycles. The average Bonchev–Trinajstić information content (AvgIpc) is 2.45. The maximum Gasteiger partial charge on any atom is 0.123 e. The number of nitrogens with one attached hydrogen (secondary N) is 1. The number of benzene rings is 2. The maximum atomic E-state index is 13.5. The number of nitrogens with two attached hydrogens (primary N) is 1. The number of rotatable bonds is 4. The molecule has 2 aromatic rings. The Labute approximate surface area is 133 Å². The molecule has 2 aromatic carbocycles. The molecule has 0 aliphatic heterocycles. The van der Waals surface area contributed by atoms with Crippen LogP contribution in [0.5, 0.6) is 0 Å². The summed E-state index contributed by atoms with van der Waals surface area (Å²) >= 11 is 3.56. The molecule has 0 radical (unpaired) electrons. The van der Waals surface area contributed by atoms with Crippen molar-refractivity contribution in [1.82, 2.24) is 0 Å². The second kappa shape index (κ2) is 6.58. The van der Waals surface area contributed by atoms with E-state index in [1.165, 1.54) is 6.07 Å². The third-order valence-corrected chi connectivity index (χ3v) is 4.88. The number of hydrogen-bond acceptors (Lipinski definition) is 2. The van der Waals surface area contributed by atoms with E-state index in [2.05, 4.69) is 33.4 Å². The van der Waals surface area contributed by atoms with E-state index < -0.39 is 0 Å². The lowest BCUT2D eigenvalue weighted by Crippen LogP contribution is -2.21. The highest BCUT2D eigenvalue weighted by Gasteiger charge is 2.14. The first kappa shape index (κ1) is 16.0. The zero-order valence-corrected chi connectivity index (χ0v) is 14.1. The first-order valence-electron chi connectivity index (χ1n) is 6.91. The smallest absolute Gasteiger partial charge is 0.123 e. The van der Waals surface area contributed by atoms with Gasteiger partial charge in [0, 0.05) is 16.7 Å². The van der Waals surface area contributed by atoms with Crippen LogP contribution in [0.4, 0.5) is 10.1 Å². The van der Waals surface area contributed by atoms with Gasteiger partial charge in [-0.25, -0.2) is 4.39 Å². The summed E-state index contributed by atoms with van der Waals surface area (Å²) in [6.45, 7) is 6.47. The van der Waals surface area contributed by atoms with Gasteiger partial charge in [0.1, 0.15) is 5.82 Å². The Morgan fingerprint density at radius 2 is 1.71 bits per heavy atom. The summed E-state index contributed by atoms with van der Waals surface area (Å²) in [6, 6.07) is 8.83. The van der Waals surface area contributed by atoms with Crippen molar-refractivity contribution in [3.8, 4) is 0 Å². The first-order valence-corrected chi connectivity index (χ1v) is 7.71. The number of anilines is 1. The Morgan fingerprint density at radius 1 is 1.10 bits per heavy atom. The van der Waals surface area contributed by atoms with Crippen molar-refractivity contribution in [2.75, 3.05) is 11.9 Å². The monoisotopic (exact) mass is 350 g/mol. The van der Waals surface area contributed by atoms with E-state index in [-0.39, 0.29) is 11.9 Å². The lowest BCUT2D eigenvalue weighted by atomic mass is 10.0. The van der Waals surface area contributed by atoms with Crippen LogP contribution in [0.1, 0.15) is 28.3 Å². The van der Waals surface area contributed by atoms with Crippen LogP contribution in [0.25, 0.3) is 0 Å². The topological polar surface area (TPSA) is 38.0 Å². The summed E-state index contributed by atoms with van der Waals surface area (Å²) in [5.74, 6) is -0.237. The molecule has 0 amide bonds. The van der Waals surface area contributed by atoms with Crippen molar-refractivity contribution in [2.24, 2.45) is 5.73 Å². The number of aryl methyl sites for hydroxylation is 3. The minimum absolute atomic E-state index is 0.110. The molecule has 4 heteroatoms. The van der Waals surface area contributed by atoms with Gasteiger partial charge < -0.3 is 11.1 Å². The normalized spacial score (nSPS) is 12.3. The summed E-state index contributed by atoms with van der Waals surface area (Å²) in [6.07, 6.45) is 0. The third kappa shape index (κ3) is 3.63. The van der Waals surface area contributed by atoms with Crippen molar-refractivity contribution in [2.45, 2.75) is 26.8 Å². The second-order valence-corrected chi connectivity index (χ2v) is 6.15. The fraction of sp³-hybridized carbons (Fsp3) is 0.294. The molecule has 2 nitrogen and oxygen atoms in total. The zero-order chi connectivity index (χ0) is 15.6. The van der Waals surface area contributed by atoms with Crippen molar-refractivity contribution in [1.29, 1.82) is 0 Å². The molecule has 112 valence electrons. The standard InChI is InChI=1S/C17H20BrFN2/c1-10-4-5-13(19)8-15(10)16(9-20)21-14-6-11(2)17(18)12(3)7-14/h4-8,16,21H,9,20H2,1-3H3. The number of hydrogen-bond donors (Lipinski definition) is 2. The molecular weight excluding hydrogens is 331 g/mol. The van der Waals surface area contributed by atoms with Crippen molar-refractivity contribution < 1.29 is 4.39 Å². The lowest BCUT2D eigenvalue weighted by Gasteiger charge is -2.21. The molecule has 0 saturated heterocycles. The molecule has 0 fully saturated rings. The Kier molecular flexibility index (Phi) is 5.01. The van der Waals surface area contributed by atoms with Gasteiger partial charge in [-0.2, -0.15) is 0 Å². The molecule has 3 N–H and O–H groups in total. The molecular formula is C17H20BrFN2. The van der Waals surface area contributed by atoms with Crippen LogP contribution >= 0.6 is 15.9 Å². The van der Waals surface area contributed by atoms with E-state index in [0.29, 0.717) is 6.54 Å². The van der Waals surface area contributed by atoms with Crippen LogP contribution in [0, 0.1) is 26.6 Å². The Morgan fingerprint density at radius 3 is 2.29 bits per heavy atom. The molecule has 1 atom stereocenters. The van der Waals surface area contributed by atoms with Crippen LogP contribution in [-0.4, -0.2) is 6.54 Å². The predicted molar refractivity (Wildman–Crippen MR) is 90.2 cm³/mol. The SMILES string of the molecule is Cc1ccc(F)cc1C(CN)Nc1cc(C)c(Br)c(C)c1. The van der Waals surface area contributed by atoms with Crippen LogP contribution < -0.4 is 11.1 Å². The van der Waals surface area contributed by atoms with Gasteiger partial charge in [-0.1, -0.05) is 22.0 Å².